The Hall–Kier alpha value is -3.05. The van der Waals surface area contributed by atoms with Gasteiger partial charge in [0.05, 0.1) is 24.7 Å². The third-order valence-electron chi connectivity index (χ3n) is 4.17. The molecule has 0 fully saturated rings. The maximum atomic E-state index is 12.3. The molecule has 0 aliphatic heterocycles. The van der Waals surface area contributed by atoms with E-state index in [1.807, 2.05) is 60.7 Å². The van der Waals surface area contributed by atoms with Gasteiger partial charge in [0.2, 0.25) is 0 Å². The lowest BCUT2D eigenvalue weighted by molar-refractivity contribution is 0.166. The molecule has 0 saturated carbocycles. The SMILES string of the molecule is O=C(NCCC(O)c1ccoc1)NC(c1ccccc1)c1ccccc1. The summed E-state index contributed by atoms with van der Waals surface area (Å²) >= 11 is 0. The van der Waals surface area contributed by atoms with Gasteiger partial charge in [-0.1, -0.05) is 60.7 Å². The van der Waals surface area contributed by atoms with Crippen molar-refractivity contribution in [3.05, 3.63) is 95.9 Å². The molecule has 0 aliphatic carbocycles. The highest BCUT2D eigenvalue weighted by Crippen LogP contribution is 2.21. The summed E-state index contributed by atoms with van der Waals surface area (Å²) in [5.41, 5.74) is 2.72. The van der Waals surface area contributed by atoms with Gasteiger partial charge in [-0.25, -0.2) is 4.79 Å². The Balaban J connectivity index is 1.59. The highest BCUT2D eigenvalue weighted by molar-refractivity contribution is 5.75. The van der Waals surface area contributed by atoms with Gasteiger partial charge in [0.1, 0.15) is 0 Å². The number of nitrogens with one attached hydrogen (secondary N) is 2. The molecule has 5 heteroatoms. The molecular formula is C21H22N2O3. The number of aliphatic hydroxyl groups is 1. The third kappa shape index (κ3) is 4.74. The summed E-state index contributed by atoms with van der Waals surface area (Å²) in [6.45, 7) is 0.356. The van der Waals surface area contributed by atoms with Crippen LogP contribution in [0, 0.1) is 0 Å². The van der Waals surface area contributed by atoms with Crippen molar-refractivity contribution < 1.29 is 14.3 Å². The van der Waals surface area contributed by atoms with Crippen LogP contribution < -0.4 is 10.6 Å². The van der Waals surface area contributed by atoms with Crippen LogP contribution in [0.2, 0.25) is 0 Å². The number of aliphatic hydroxyl groups excluding tert-OH is 1. The highest BCUT2D eigenvalue weighted by atomic mass is 16.3. The molecule has 2 amide bonds. The first-order valence-electron chi connectivity index (χ1n) is 8.58. The van der Waals surface area contributed by atoms with Crippen molar-refractivity contribution >= 4 is 6.03 Å². The molecule has 1 unspecified atom stereocenters. The molecule has 1 atom stereocenters. The fourth-order valence-corrected chi connectivity index (χ4v) is 2.79. The van der Waals surface area contributed by atoms with Crippen molar-refractivity contribution in [2.24, 2.45) is 0 Å². The van der Waals surface area contributed by atoms with E-state index in [2.05, 4.69) is 10.6 Å². The van der Waals surface area contributed by atoms with Gasteiger partial charge >= 0.3 is 6.03 Å². The van der Waals surface area contributed by atoms with Gasteiger partial charge < -0.3 is 20.2 Å². The molecule has 1 heterocycles. The Labute approximate surface area is 152 Å². The molecule has 0 bridgehead atoms. The van der Waals surface area contributed by atoms with Gasteiger partial charge in [0, 0.05) is 12.1 Å². The fraction of sp³-hybridized carbons (Fsp3) is 0.190. The van der Waals surface area contributed by atoms with Crippen molar-refractivity contribution in [3.8, 4) is 0 Å². The number of hydrogen-bond acceptors (Lipinski definition) is 3. The van der Waals surface area contributed by atoms with Gasteiger partial charge in [-0.15, -0.1) is 0 Å². The van der Waals surface area contributed by atoms with Gasteiger partial charge in [-0.3, -0.25) is 0 Å². The third-order valence-corrected chi connectivity index (χ3v) is 4.17. The second-order valence-corrected chi connectivity index (χ2v) is 6.02. The predicted molar refractivity (Wildman–Crippen MR) is 99.5 cm³/mol. The molecular weight excluding hydrogens is 328 g/mol. The van der Waals surface area contributed by atoms with E-state index in [0.29, 0.717) is 18.5 Å². The van der Waals surface area contributed by atoms with Crippen molar-refractivity contribution in [2.75, 3.05) is 6.54 Å². The Morgan fingerprint density at radius 1 is 0.923 bits per heavy atom. The summed E-state index contributed by atoms with van der Waals surface area (Å²) in [6.07, 6.45) is 2.77. The number of carbonyl (C=O) groups excluding carboxylic acids is 1. The number of hydrogen-bond donors (Lipinski definition) is 3. The summed E-state index contributed by atoms with van der Waals surface area (Å²) in [5, 5.41) is 15.8. The van der Waals surface area contributed by atoms with E-state index in [1.54, 1.807) is 6.07 Å². The summed E-state index contributed by atoms with van der Waals surface area (Å²) in [6, 6.07) is 20.8. The zero-order valence-electron chi connectivity index (χ0n) is 14.3. The number of carbonyl (C=O) groups is 1. The van der Waals surface area contributed by atoms with Crippen LogP contribution in [-0.2, 0) is 0 Å². The molecule has 3 N–H and O–H groups in total. The van der Waals surface area contributed by atoms with Crippen LogP contribution in [0.3, 0.4) is 0 Å². The van der Waals surface area contributed by atoms with Crippen molar-refractivity contribution in [1.82, 2.24) is 10.6 Å². The second-order valence-electron chi connectivity index (χ2n) is 6.02. The van der Waals surface area contributed by atoms with Crippen LogP contribution in [-0.4, -0.2) is 17.7 Å². The minimum Gasteiger partial charge on any atom is -0.472 e. The molecule has 1 aromatic heterocycles. The van der Waals surface area contributed by atoms with Crippen LogP contribution in [0.5, 0.6) is 0 Å². The van der Waals surface area contributed by atoms with Gasteiger partial charge in [-0.2, -0.15) is 0 Å². The fourth-order valence-electron chi connectivity index (χ4n) is 2.79. The largest absolute Gasteiger partial charge is 0.472 e. The van der Waals surface area contributed by atoms with E-state index in [4.69, 9.17) is 4.42 Å². The lowest BCUT2D eigenvalue weighted by atomic mass is 9.99. The summed E-state index contributed by atoms with van der Waals surface area (Å²) in [4.78, 5) is 12.3. The Morgan fingerprint density at radius 2 is 1.54 bits per heavy atom. The number of rotatable bonds is 7. The molecule has 26 heavy (non-hydrogen) atoms. The van der Waals surface area contributed by atoms with Crippen LogP contribution >= 0.6 is 0 Å². The molecule has 0 spiro atoms. The van der Waals surface area contributed by atoms with E-state index < -0.39 is 6.10 Å². The van der Waals surface area contributed by atoms with E-state index >= 15 is 0 Å². The zero-order chi connectivity index (χ0) is 18.2. The topological polar surface area (TPSA) is 74.5 Å². The van der Waals surface area contributed by atoms with E-state index in [1.165, 1.54) is 12.5 Å². The summed E-state index contributed by atoms with van der Waals surface area (Å²) in [7, 11) is 0. The Morgan fingerprint density at radius 3 is 2.08 bits per heavy atom. The quantitative estimate of drug-likeness (QED) is 0.607. The number of benzene rings is 2. The summed E-state index contributed by atoms with van der Waals surface area (Å²) in [5.74, 6) is 0. The Kier molecular flexibility index (Phi) is 6.06. The smallest absolute Gasteiger partial charge is 0.315 e. The molecule has 134 valence electrons. The van der Waals surface area contributed by atoms with Crippen LogP contribution in [0.1, 0.15) is 35.3 Å². The number of urea groups is 1. The standard InChI is InChI=1S/C21H22N2O3/c24-19(18-12-14-26-15-18)11-13-22-21(25)23-20(16-7-3-1-4-8-16)17-9-5-2-6-10-17/h1-10,12,14-15,19-20,24H,11,13H2,(H2,22,23,25). The second kappa shape index (κ2) is 8.87. The van der Waals surface area contributed by atoms with Crippen LogP contribution in [0.4, 0.5) is 4.79 Å². The maximum absolute atomic E-state index is 12.3. The van der Waals surface area contributed by atoms with Gasteiger partial charge in [0.15, 0.2) is 0 Å². The molecule has 0 saturated heterocycles. The summed E-state index contributed by atoms with van der Waals surface area (Å²) < 4.78 is 4.95. The molecule has 3 rings (SSSR count). The van der Waals surface area contributed by atoms with Gasteiger partial charge in [0.25, 0.3) is 0 Å². The van der Waals surface area contributed by atoms with E-state index in [9.17, 15) is 9.90 Å². The first-order chi connectivity index (χ1) is 12.7. The molecule has 0 radical (unpaired) electrons. The van der Waals surface area contributed by atoms with Crippen molar-refractivity contribution in [1.29, 1.82) is 0 Å². The minimum absolute atomic E-state index is 0.240. The first-order valence-corrected chi connectivity index (χ1v) is 8.58. The van der Waals surface area contributed by atoms with Crippen LogP contribution in [0.15, 0.2) is 83.7 Å². The van der Waals surface area contributed by atoms with Crippen molar-refractivity contribution in [3.63, 3.8) is 0 Å². The zero-order valence-corrected chi connectivity index (χ0v) is 14.3. The first kappa shape index (κ1) is 17.8. The van der Waals surface area contributed by atoms with Gasteiger partial charge in [-0.05, 0) is 23.6 Å². The number of furan rings is 1. The maximum Gasteiger partial charge on any atom is 0.315 e. The average Bonchev–Trinajstić information content (AvgIpc) is 3.22. The van der Waals surface area contributed by atoms with E-state index in [0.717, 1.165) is 11.1 Å². The molecule has 0 aliphatic rings. The molecule has 3 aromatic rings. The van der Waals surface area contributed by atoms with Crippen molar-refractivity contribution in [2.45, 2.75) is 18.6 Å². The lowest BCUT2D eigenvalue weighted by Crippen LogP contribution is -2.39. The lowest BCUT2D eigenvalue weighted by Gasteiger charge is -2.20. The average molecular weight is 350 g/mol. The predicted octanol–water partition coefficient (Wildman–Crippen LogP) is 3.79. The number of amides is 2. The van der Waals surface area contributed by atoms with E-state index in [-0.39, 0.29) is 12.1 Å². The molecule has 5 nitrogen and oxygen atoms in total. The molecule has 2 aromatic carbocycles. The highest BCUT2D eigenvalue weighted by Gasteiger charge is 2.16. The minimum atomic E-state index is -0.659. The monoisotopic (exact) mass is 350 g/mol. The van der Waals surface area contributed by atoms with Crippen LogP contribution in [0.25, 0.3) is 0 Å². The normalized spacial score (nSPS) is 11.9. The Bertz CT molecular complexity index is 749.